The highest BCUT2D eigenvalue weighted by Gasteiger charge is 2.44. The van der Waals surface area contributed by atoms with E-state index < -0.39 is 16.9 Å². The van der Waals surface area contributed by atoms with Crippen LogP contribution in [0.3, 0.4) is 0 Å². The van der Waals surface area contributed by atoms with E-state index in [1.807, 2.05) is 6.92 Å². The zero-order valence-corrected chi connectivity index (χ0v) is 17.5. The molecule has 1 amide bonds. The largest absolute Gasteiger partial charge is 0.450 e. The number of non-ortho nitro benzene ring substituents is 1. The summed E-state index contributed by atoms with van der Waals surface area (Å²) in [5, 5.41) is 12.1. The molecule has 0 spiro atoms. The number of nitrogens with zero attached hydrogens (tertiary/aromatic N) is 2. The summed E-state index contributed by atoms with van der Waals surface area (Å²) in [5.74, 6) is -0.596. The van der Waals surface area contributed by atoms with Crippen LogP contribution in [-0.2, 0) is 0 Å². The smallest absolute Gasteiger partial charge is 0.295 e. The summed E-state index contributed by atoms with van der Waals surface area (Å²) in [6.07, 6.45) is 0. The van der Waals surface area contributed by atoms with Crippen molar-refractivity contribution in [1.29, 1.82) is 0 Å². The number of fused-ring (bicyclic) bond motifs is 2. The van der Waals surface area contributed by atoms with Gasteiger partial charge in [0, 0.05) is 22.8 Å². The van der Waals surface area contributed by atoms with Crippen LogP contribution in [0.1, 0.15) is 33.3 Å². The maximum Gasteiger partial charge on any atom is 0.295 e. The van der Waals surface area contributed by atoms with Crippen molar-refractivity contribution in [2.45, 2.75) is 13.0 Å². The van der Waals surface area contributed by atoms with Crippen LogP contribution in [0.2, 0.25) is 5.02 Å². The molecule has 4 aromatic rings. The van der Waals surface area contributed by atoms with Gasteiger partial charge in [0.25, 0.3) is 11.6 Å². The lowest BCUT2D eigenvalue weighted by molar-refractivity contribution is -0.384. The number of carbonyl (C=O) groups is 1. The van der Waals surface area contributed by atoms with Gasteiger partial charge in [0.15, 0.2) is 5.43 Å². The molecule has 1 aliphatic rings. The first kappa shape index (κ1) is 20.0. The topological polar surface area (TPSA) is 93.7 Å². The van der Waals surface area contributed by atoms with Gasteiger partial charge in [-0.1, -0.05) is 41.4 Å². The number of carbonyl (C=O) groups excluding carboxylic acids is 1. The SMILES string of the molecule is Cc1ccc2oc3c(c(=O)c2c1)[C@H](c1cccc([N+](=O)[O-])c1)N(c1cccc(Cl)c1)C3=O. The maximum atomic E-state index is 13.6. The molecule has 5 rings (SSSR count). The second kappa shape index (κ2) is 7.32. The lowest BCUT2D eigenvalue weighted by atomic mass is 9.97. The van der Waals surface area contributed by atoms with Gasteiger partial charge in [0.2, 0.25) is 5.76 Å². The van der Waals surface area contributed by atoms with E-state index in [1.165, 1.54) is 23.1 Å². The van der Waals surface area contributed by atoms with Crippen molar-refractivity contribution >= 4 is 39.9 Å². The molecule has 1 atom stereocenters. The second-order valence-corrected chi connectivity index (χ2v) is 8.02. The van der Waals surface area contributed by atoms with Gasteiger partial charge in [-0.3, -0.25) is 24.6 Å². The van der Waals surface area contributed by atoms with Crippen molar-refractivity contribution in [3.05, 3.63) is 115 Å². The summed E-state index contributed by atoms with van der Waals surface area (Å²) >= 11 is 6.16. The minimum atomic E-state index is -0.906. The van der Waals surface area contributed by atoms with Crippen molar-refractivity contribution in [3.8, 4) is 0 Å². The first-order valence-electron chi connectivity index (χ1n) is 9.76. The summed E-state index contributed by atoms with van der Waals surface area (Å²) < 4.78 is 5.91. The number of hydrogen-bond donors (Lipinski definition) is 0. The molecule has 0 saturated carbocycles. The molecule has 3 aromatic carbocycles. The monoisotopic (exact) mass is 446 g/mol. The summed E-state index contributed by atoms with van der Waals surface area (Å²) in [6.45, 7) is 1.85. The number of amides is 1. The Morgan fingerprint density at radius 3 is 2.56 bits per heavy atom. The molecule has 0 N–H and O–H groups in total. The Balaban J connectivity index is 1.83. The Hall–Kier alpha value is -3.97. The highest BCUT2D eigenvalue weighted by molar-refractivity contribution is 6.31. The normalized spacial score (nSPS) is 15.2. The maximum absolute atomic E-state index is 13.6. The number of benzene rings is 3. The van der Waals surface area contributed by atoms with Gasteiger partial charge in [-0.15, -0.1) is 0 Å². The van der Waals surface area contributed by atoms with Crippen LogP contribution >= 0.6 is 11.6 Å². The number of hydrogen-bond acceptors (Lipinski definition) is 5. The molecule has 8 heteroatoms. The minimum absolute atomic E-state index is 0.0807. The second-order valence-electron chi connectivity index (χ2n) is 7.58. The third-order valence-corrected chi connectivity index (χ3v) is 5.74. The molecule has 0 saturated heterocycles. The van der Waals surface area contributed by atoms with Gasteiger partial charge in [0.1, 0.15) is 5.58 Å². The number of nitro groups is 1. The fourth-order valence-electron chi connectivity index (χ4n) is 4.10. The molecule has 1 aromatic heterocycles. The van der Waals surface area contributed by atoms with Crippen LogP contribution in [-0.4, -0.2) is 10.8 Å². The van der Waals surface area contributed by atoms with Gasteiger partial charge < -0.3 is 4.42 Å². The van der Waals surface area contributed by atoms with Crippen molar-refractivity contribution in [2.75, 3.05) is 4.90 Å². The van der Waals surface area contributed by atoms with Gasteiger partial charge in [-0.2, -0.15) is 0 Å². The standard InChI is InChI=1S/C24H15ClN2O5/c1-13-8-9-19-18(10-13)22(28)20-21(14-4-2-7-17(11-14)27(30)31)26(24(29)23(20)32-19)16-6-3-5-15(25)12-16/h2-12,21H,1H3/t21-/m0/s1. The predicted octanol–water partition coefficient (Wildman–Crippen LogP) is 5.41. The molecule has 32 heavy (non-hydrogen) atoms. The number of anilines is 1. The van der Waals surface area contributed by atoms with Crippen molar-refractivity contribution in [2.24, 2.45) is 0 Å². The van der Waals surface area contributed by atoms with Crippen molar-refractivity contribution in [1.82, 2.24) is 0 Å². The first-order valence-corrected chi connectivity index (χ1v) is 10.1. The quantitative estimate of drug-likeness (QED) is 0.309. The molecule has 158 valence electrons. The van der Waals surface area contributed by atoms with Crippen molar-refractivity contribution in [3.63, 3.8) is 0 Å². The van der Waals surface area contributed by atoms with Gasteiger partial charge in [-0.25, -0.2) is 0 Å². The lowest BCUT2D eigenvalue weighted by Crippen LogP contribution is -2.29. The molecule has 0 aliphatic carbocycles. The van der Waals surface area contributed by atoms with Gasteiger partial charge in [-0.05, 0) is 42.8 Å². The zero-order chi connectivity index (χ0) is 22.6. The zero-order valence-electron chi connectivity index (χ0n) is 16.7. The molecular weight excluding hydrogens is 432 g/mol. The van der Waals surface area contributed by atoms with E-state index >= 15 is 0 Å². The molecule has 0 unspecified atom stereocenters. The number of nitro benzene ring substituents is 1. The minimum Gasteiger partial charge on any atom is -0.450 e. The van der Waals surface area contributed by atoms with Gasteiger partial charge in [0.05, 0.1) is 21.9 Å². The summed E-state index contributed by atoms with van der Waals surface area (Å²) in [7, 11) is 0. The van der Waals surface area contributed by atoms with Crippen LogP contribution in [0.15, 0.2) is 75.9 Å². The van der Waals surface area contributed by atoms with Crippen LogP contribution in [0.25, 0.3) is 11.0 Å². The molecule has 1 aliphatic heterocycles. The molecule has 0 bridgehead atoms. The van der Waals surface area contributed by atoms with Crippen molar-refractivity contribution < 1.29 is 14.1 Å². The average molecular weight is 447 g/mol. The van der Waals surface area contributed by atoms with E-state index in [0.29, 0.717) is 27.2 Å². The van der Waals surface area contributed by atoms with Gasteiger partial charge >= 0.3 is 0 Å². The molecule has 0 fully saturated rings. The molecule has 0 radical (unpaired) electrons. The van der Waals surface area contributed by atoms with E-state index in [9.17, 15) is 19.7 Å². The summed E-state index contributed by atoms with van der Waals surface area (Å²) in [5.41, 5.74) is 1.70. The Kier molecular flexibility index (Phi) is 4.56. The van der Waals surface area contributed by atoms with Crippen LogP contribution < -0.4 is 10.3 Å². The fourth-order valence-corrected chi connectivity index (χ4v) is 4.29. The predicted molar refractivity (Wildman–Crippen MR) is 120 cm³/mol. The third-order valence-electron chi connectivity index (χ3n) is 5.51. The molecule has 2 heterocycles. The summed E-state index contributed by atoms with van der Waals surface area (Å²) in [4.78, 5) is 39.3. The Bertz CT molecular complexity index is 1490. The Morgan fingerprint density at radius 1 is 1.03 bits per heavy atom. The van der Waals surface area contributed by atoms with E-state index in [-0.39, 0.29) is 22.4 Å². The highest BCUT2D eigenvalue weighted by Crippen LogP contribution is 2.42. The fraction of sp³-hybridized carbons (Fsp3) is 0.0833. The van der Waals surface area contributed by atoms with Crippen LogP contribution in [0.4, 0.5) is 11.4 Å². The Labute approximate surface area is 186 Å². The summed E-state index contributed by atoms with van der Waals surface area (Å²) in [6, 6.07) is 16.8. The highest BCUT2D eigenvalue weighted by atomic mass is 35.5. The van der Waals surface area contributed by atoms with E-state index in [1.54, 1.807) is 48.5 Å². The lowest BCUT2D eigenvalue weighted by Gasteiger charge is -2.25. The van der Waals surface area contributed by atoms with Crippen LogP contribution in [0.5, 0.6) is 0 Å². The number of aryl methyl sites for hydroxylation is 1. The van der Waals surface area contributed by atoms with E-state index in [4.69, 9.17) is 16.0 Å². The number of rotatable bonds is 3. The number of halogens is 1. The Morgan fingerprint density at radius 2 is 1.81 bits per heavy atom. The van der Waals surface area contributed by atoms with E-state index in [0.717, 1.165) is 5.56 Å². The average Bonchev–Trinajstić information content (AvgIpc) is 3.07. The third kappa shape index (κ3) is 3.06. The van der Waals surface area contributed by atoms with E-state index in [2.05, 4.69) is 0 Å². The molecular formula is C24H15ClN2O5. The first-order chi connectivity index (χ1) is 15.3. The molecule has 7 nitrogen and oxygen atoms in total. The van der Waals surface area contributed by atoms with Crippen LogP contribution in [0, 0.1) is 17.0 Å².